The normalized spacial score (nSPS) is 10.2. The Bertz CT molecular complexity index is 386. The number of carbonyl (C=O) groups is 1. The van der Waals surface area contributed by atoms with Gasteiger partial charge in [-0.3, -0.25) is 4.79 Å². The molecule has 0 bridgehead atoms. The van der Waals surface area contributed by atoms with Crippen LogP contribution in [0, 0.1) is 13.8 Å². The number of hydrogen-bond donors (Lipinski definition) is 0. The summed E-state index contributed by atoms with van der Waals surface area (Å²) >= 11 is 5.30. The summed E-state index contributed by atoms with van der Waals surface area (Å²) in [6.45, 7) is 4.13. The fraction of sp³-hybridized carbons (Fsp3) is 0.462. The molecular formula is C13H17ClO2. The molecule has 0 atom stereocenters. The summed E-state index contributed by atoms with van der Waals surface area (Å²) in [4.78, 5) is 10.6. The molecule has 0 aromatic heterocycles. The van der Waals surface area contributed by atoms with Crippen molar-refractivity contribution in [2.24, 2.45) is 0 Å². The van der Waals surface area contributed by atoms with Gasteiger partial charge in [0.15, 0.2) is 0 Å². The third kappa shape index (κ3) is 3.53. The Hall–Kier alpha value is -1.02. The maximum Gasteiger partial charge on any atom is 0.221 e. The molecule has 0 spiro atoms. The lowest BCUT2D eigenvalue weighted by Crippen LogP contribution is -1.97. The zero-order valence-electron chi connectivity index (χ0n) is 9.97. The van der Waals surface area contributed by atoms with E-state index in [0.29, 0.717) is 6.42 Å². The molecule has 0 N–H and O–H groups in total. The molecule has 0 radical (unpaired) electrons. The lowest BCUT2D eigenvalue weighted by molar-refractivity contribution is -0.111. The van der Waals surface area contributed by atoms with Crippen molar-refractivity contribution < 1.29 is 9.53 Å². The highest BCUT2D eigenvalue weighted by Gasteiger charge is 2.06. The average molecular weight is 241 g/mol. The van der Waals surface area contributed by atoms with Crippen LogP contribution in [-0.4, -0.2) is 12.4 Å². The lowest BCUT2D eigenvalue weighted by atomic mass is 10.0. The van der Waals surface area contributed by atoms with Gasteiger partial charge in [0.05, 0.1) is 7.11 Å². The summed E-state index contributed by atoms with van der Waals surface area (Å²) in [6, 6.07) is 4.15. The van der Waals surface area contributed by atoms with E-state index >= 15 is 0 Å². The van der Waals surface area contributed by atoms with Gasteiger partial charge < -0.3 is 4.74 Å². The van der Waals surface area contributed by atoms with Crippen LogP contribution in [0.5, 0.6) is 5.75 Å². The van der Waals surface area contributed by atoms with Crippen molar-refractivity contribution in [2.75, 3.05) is 7.11 Å². The second-order valence-electron chi connectivity index (χ2n) is 3.96. The van der Waals surface area contributed by atoms with E-state index in [1.54, 1.807) is 7.11 Å². The van der Waals surface area contributed by atoms with Crippen LogP contribution in [0.3, 0.4) is 0 Å². The van der Waals surface area contributed by atoms with Gasteiger partial charge in [-0.05, 0) is 61.0 Å². The summed E-state index contributed by atoms with van der Waals surface area (Å²) in [5.41, 5.74) is 3.60. The standard InChI is InChI=1S/C13H17ClO2/c1-9-7-11(5-4-6-13(14)15)12(16-3)8-10(9)2/h7-8H,4-6H2,1-3H3. The molecule has 0 saturated carbocycles. The van der Waals surface area contributed by atoms with Gasteiger partial charge in [-0.15, -0.1) is 0 Å². The topological polar surface area (TPSA) is 26.3 Å². The fourth-order valence-corrected chi connectivity index (χ4v) is 1.79. The number of aryl methyl sites for hydroxylation is 3. The molecule has 16 heavy (non-hydrogen) atoms. The molecular weight excluding hydrogens is 224 g/mol. The quantitative estimate of drug-likeness (QED) is 0.738. The van der Waals surface area contributed by atoms with E-state index in [4.69, 9.17) is 16.3 Å². The number of benzene rings is 1. The monoisotopic (exact) mass is 240 g/mol. The van der Waals surface area contributed by atoms with Crippen LogP contribution in [0.15, 0.2) is 12.1 Å². The lowest BCUT2D eigenvalue weighted by Gasteiger charge is -2.11. The first-order valence-electron chi connectivity index (χ1n) is 5.37. The van der Waals surface area contributed by atoms with Crippen molar-refractivity contribution in [1.82, 2.24) is 0 Å². The summed E-state index contributed by atoms with van der Waals surface area (Å²) < 4.78 is 5.32. The average Bonchev–Trinajstić information content (AvgIpc) is 2.22. The van der Waals surface area contributed by atoms with Crippen LogP contribution in [0.25, 0.3) is 0 Å². The molecule has 0 amide bonds. The Kier molecular flexibility index (Phi) is 4.81. The van der Waals surface area contributed by atoms with E-state index < -0.39 is 0 Å². The van der Waals surface area contributed by atoms with Gasteiger partial charge in [0.1, 0.15) is 5.75 Å². The van der Waals surface area contributed by atoms with E-state index in [1.165, 1.54) is 11.1 Å². The van der Waals surface area contributed by atoms with Gasteiger partial charge in [-0.25, -0.2) is 0 Å². The Morgan fingerprint density at radius 3 is 2.50 bits per heavy atom. The molecule has 1 aromatic carbocycles. The summed E-state index contributed by atoms with van der Waals surface area (Å²) in [5.74, 6) is 0.894. The van der Waals surface area contributed by atoms with E-state index in [0.717, 1.165) is 24.2 Å². The molecule has 0 fully saturated rings. The van der Waals surface area contributed by atoms with E-state index in [1.807, 2.05) is 6.07 Å². The van der Waals surface area contributed by atoms with Gasteiger partial charge in [-0.1, -0.05) is 6.07 Å². The Balaban J connectivity index is 2.77. The van der Waals surface area contributed by atoms with Crippen molar-refractivity contribution in [2.45, 2.75) is 33.1 Å². The zero-order chi connectivity index (χ0) is 12.1. The highest BCUT2D eigenvalue weighted by molar-refractivity contribution is 6.63. The highest BCUT2D eigenvalue weighted by atomic mass is 35.5. The van der Waals surface area contributed by atoms with Gasteiger partial charge in [0.2, 0.25) is 5.24 Å². The zero-order valence-corrected chi connectivity index (χ0v) is 10.7. The molecule has 0 unspecified atom stereocenters. The van der Waals surface area contributed by atoms with E-state index in [2.05, 4.69) is 19.9 Å². The summed E-state index contributed by atoms with van der Waals surface area (Å²) in [7, 11) is 1.67. The molecule has 0 aliphatic heterocycles. The smallest absolute Gasteiger partial charge is 0.221 e. The number of carbonyl (C=O) groups excluding carboxylic acids is 1. The molecule has 3 heteroatoms. The van der Waals surface area contributed by atoms with E-state index in [9.17, 15) is 4.79 Å². The molecule has 2 nitrogen and oxygen atoms in total. The summed E-state index contributed by atoms with van der Waals surface area (Å²) in [5, 5.41) is -0.275. The predicted octanol–water partition coefficient (Wildman–Crippen LogP) is 3.40. The first-order valence-corrected chi connectivity index (χ1v) is 5.75. The van der Waals surface area contributed by atoms with Crippen LogP contribution in [-0.2, 0) is 11.2 Å². The maximum atomic E-state index is 10.6. The molecule has 1 rings (SSSR count). The molecule has 0 aliphatic rings. The van der Waals surface area contributed by atoms with Crippen LogP contribution >= 0.6 is 11.6 Å². The van der Waals surface area contributed by atoms with Crippen molar-refractivity contribution >= 4 is 16.8 Å². The second kappa shape index (κ2) is 5.90. The Labute approximate surface area is 102 Å². The van der Waals surface area contributed by atoms with E-state index in [-0.39, 0.29) is 5.24 Å². The Morgan fingerprint density at radius 1 is 1.31 bits per heavy atom. The number of rotatable bonds is 5. The number of ether oxygens (including phenoxy) is 1. The number of halogens is 1. The molecule has 0 aliphatic carbocycles. The fourth-order valence-electron chi connectivity index (χ4n) is 1.65. The summed E-state index contributed by atoms with van der Waals surface area (Å²) in [6.07, 6.45) is 2.00. The van der Waals surface area contributed by atoms with Crippen molar-refractivity contribution in [3.05, 3.63) is 28.8 Å². The van der Waals surface area contributed by atoms with Gasteiger partial charge in [0, 0.05) is 6.42 Å². The predicted molar refractivity (Wildman–Crippen MR) is 66.3 cm³/mol. The largest absolute Gasteiger partial charge is 0.496 e. The SMILES string of the molecule is COc1cc(C)c(C)cc1CCCC(=O)Cl. The molecule has 88 valence electrons. The molecule has 0 saturated heterocycles. The first kappa shape index (κ1) is 13.0. The van der Waals surface area contributed by atoms with Crippen molar-refractivity contribution in [1.29, 1.82) is 0 Å². The number of hydrogen-bond acceptors (Lipinski definition) is 2. The van der Waals surface area contributed by atoms with Crippen LogP contribution in [0.1, 0.15) is 29.5 Å². The minimum absolute atomic E-state index is 0.275. The van der Waals surface area contributed by atoms with Gasteiger partial charge in [0.25, 0.3) is 0 Å². The third-order valence-electron chi connectivity index (χ3n) is 2.72. The van der Waals surface area contributed by atoms with Crippen LogP contribution < -0.4 is 4.74 Å². The van der Waals surface area contributed by atoms with Gasteiger partial charge >= 0.3 is 0 Å². The number of methoxy groups -OCH3 is 1. The van der Waals surface area contributed by atoms with Crippen LogP contribution in [0.4, 0.5) is 0 Å². The molecule has 1 aromatic rings. The van der Waals surface area contributed by atoms with Gasteiger partial charge in [-0.2, -0.15) is 0 Å². The Morgan fingerprint density at radius 2 is 1.94 bits per heavy atom. The minimum Gasteiger partial charge on any atom is -0.496 e. The molecule has 0 heterocycles. The van der Waals surface area contributed by atoms with Crippen molar-refractivity contribution in [3.8, 4) is 5.75 Å². The second-order valence-corrected chi connectivity index (χ2v) is 4.38. The minimum atomic E-state index is -0.275. The third-order valence-corrected chi connectivity index (χ3v) is 2.91. The first-order chi connectivity index (χ1) is 7.54. The van der Waals surface area contributed by atoms with Crippen LogP contribution in [0.2, 0.25) is 0 Å². The highest BCUT2D eigenvalue weighted by Crippen LogP contribution is 2.24. The van der Waals surface area contributed by atoms with Crippen molar-refractivity contribution in [3.63, 3.8) is 0 Å². The maximum absolute atomic E-state index is 10.6.